The lowest BCUT2D eigenvalue weighted by Gasteiger charge is -2.42. The van der Waals surface area contributed by atoms with Crippen molar-refractivity contribution in [3.8, 4) is 5.75 Å². The minimum atomic E-state index is -0.403. The SMILES string of the molecule is CC1(C)CC(=O)C2=C(C1)OC1=C(C(=O)CC(C)(C)C1)C2c1ccc(OCc2ccccc2CO)cc1. The summed E-state index contributed by atoms with van der Waals surface area (Å²) in [5, 5.41) is 9.56. The highest BCUT2D eigenvalue weighted by Crippen LogP contribution is 2.53. The zero-order valence-corrected chi connectivity index (χ0v) is 21.5. The number of rotatable bonds is 5. The molecule has 0 fully saturated rings. The van der Waals surface area contributed by atoms with Gasteiger partial charge >= 0.3 is 0 Å². The highest BCUT2D eigenvalue weighted by molar-refractivity contribution is 6.06. The van der Waals surface area contributed by atoms with Crippen LogP contribution < -0.4 is 4.74 Å². The highest BCUT2D eigenvalue weighted by Gasteiger charge is 2.47. The van der Waals surface area contributed by atoms with Gasteiger partial charge in [-0.1, -0.05) is 64.1 Å². The van der Waals surface area contributed by atoms with Crippen molar-refractivity contribution in [1.29, 1.82) is 0 Å². The van der Waals surface area contributed by atoms with Crippen molar-refractivity contribution >= 4 is 11.6 Å². The second-order valence-electron chi connectivity index (χ2n) is 11.9. The first-order valence-corrected chi connectivity index (χ1v) is 12.7. The highest BCUT2D eigenvalue weighted by atomic mass is 16.5. The fourth-order valence-corrected chi connectivity index (χ4v) is 5.78. The Morgan fingerprint density at radius 1 is 0.806 bits per heavy atom. The van der Waals surface area contributed by atoms with Crippen LogP contribution in [-0.4, -0.2) is 16.7 Å². The number of carbonyl (C=O) groups excluding carboxylic acids is 2. The van der Waals surface area contributed by atoms with Crippen molar-refractivity contribution < 1.29 is 24.2 Å². The third-order valence-electron chi connectivity index (χ3n) is 7.48. The van der Waals surface area contributed by atoms with Crippen LogP contribution in [-0.2, 0) is 27.5 Å². The van der Waals surface area contributed by atoms with Gasteiger partial charge < -0.3 is 14.6 Å². The Bertz CT molecular complexity index is 1220. The summed E-state index contributed by atoms with van der Waals surface area (Å²) >= 11 is 0. The van der Waals surface area contributed by atoms with Gasteiger partial charge in [0.1, 0.15) is 23.9 Å². The van der Waals surface area contributed by atoms with E-state index in [4.69, 9.17) is 9.47 Å². The van der Waals surface area contributed by atoms with E-state index >= 15 is 0 Å². The zero-order chi connectivity index (χ0) is 25.7. The summed E-state index contributed by atoms with van der Waals surface area (Å²) in [5.74, 6) is 1.87. The molecule has 2 aromatic rings. The largest absolute Gasteiger partial charge is 0.489 e. The maximum Gasteiger partial charge on any atom is 0.163 e. The fourth-order valence-electron chi connectivity index (χ4n) is 5.78. The van der Waals surface area contributed by atoms with Crippen molar-refractivity contribution in [3.63, 3.8) is 0 Å². The number of ether oxygens (including phenoxy) is 2. The van der Waals surface area contributed by atoms with E-state index in [-0.39, 0.29) is 29.0 Å². The standard InChI is InChI=1S/C31H34O5/c1-30(2)13-23(33)28-25(15-30)36-26-16-31(3,4)14-24(34)29(26)27(28)19-9-11-22(12-10-19)35-18-21-8-6-5-7-20(21)17-32/h5-12,27,32H,13-18H2,1-4H3. The minimum Gasteiger partial charge on any atom is -0.489 e. The Morgan fingerprint density at radius 2 is 1.33 bits per heavy atom. The molecule has 5 heteroatoms. The van der Waals surface area contributed by atoms with Crippen LogP contribution in [0.15, 0.2) is 71.2 Å². The molecule has 0 bridgehead atoms. The molecule has 2 aromatic carbocycles. The Kier molecular flexibility index (Phi) is 6.16. The van der Waals surface area contributed by atoms with Crippen LogP contribution in [0.25, 0.3) is 0 Å². The first kappa shape index (κ1) is 24.5. The van der Waals surface area contributed by atoms with Crippen LogP contribution in [0.5, 0.6) is 5.75 Å². The lowest BCUT2D eigenvalue weighted by Crippen LogP contribution is -2.37. The van der Waals surface area contributed by atoms with Gasteiger partial charge in [-0.15, -0.1) is 0 Å². The van der Waals surface area contributed by atoms with E-state index in [1.54, 1.807) is 0 Å². The van der Waals surface area contributed by atoms with Crippen molar-refractivity contribution in [2.24, 2.45) is 10.8 Å². The fraction of sp³-hybridized carbons (Fsp3) is 0.419. The van der Waals surface area contributed by atoms with Crippen LogP contribution in [0.4, 0.5) is 0 Å². The van der Waals surface area contributed by atoms with E-state index in [9.17, 15) is 14.7 Å². The number of carbonyl (C=O) groups is 2. The Morgan fingerprint density at radius 3 is 1.86 bits per heavy atom. The summed E-state index contributed by atoms with van der Waals surface area (Å²) in [7, 11) is 0. The van der Waals surface area contributed by atoms with Crippen LogP contribution in [0, 0.1) is 10.8 Å². The van der Waals surface area contributed by atoms with Gasteiger partial charge in [0.15, 0.2) is 11.6 Å². The number of allylic oxidation sites excluding steroid dienone is 4. The molecular weight excluding hydrogens is 452 g/mol. The quantitative estimate of drug-likeness (QED) is 0.548. The van der Waals surface area contributed by atoms with E-state index in [2.05, 4.69) is 27.7 Å². The predicted molar refractivity (Wildman–Crippen MR) is 137 cm³/mol. The van der Waals surface area contributed by atoms with Crippen LogP contribution in [0.1, 0.15) is 76.0 Å². The lowest BCUT2D eigenvalue weighted by molar-refractivity contribution is -0.120. The number of ketones is 2. The molecule has 0 unspecified atom stereocenters. The summed E-state index contributed by atoms with van der Waals surface area (Å²) in [5.41, 5.74) is 3.63. The Balaban J connectivity index is 1.48. The molecule has 5 nitrogen and oxygen atoms in total. The summed E-state index contributed by atoms with van der Waals surface area (Å²) in [6.45, 7) is 8.68. The molecule has 0 saturated carbocycles. The van der Waals surface area contributed by atoms with Gasteiger partial charge in [-0.2, -0.15) is 0 Å². The lowest BCUT2D eigenvalue weighted by atomic mass is 9.65. The maximum atomic E-state index is 13.4. The molecule has 1 aliphatic heterocycles. The van der Waals surface area contributed by atoms with E-state index in [1.165, 1.54) is 0 Å². The van der Waals surface area contributed by atoms with Crippen molar-refractivity contribution in [2.45, 2.75) is 72.5 Å². The number of aliphatic hydroxyl groups is 1. The molecule has 188 valence electrons. The average molecular weight is 487 g/mol. The summed E-state index contributed by atoms with van der Waals surface area (Å²) in [4.78, 5) is 26.8. The van der Waals surface area contributed by atoms with Gasteiger partial charge in [0.05, 0.1) is 6.61 Å². The maximum absolute atomic E-state index is 13.4. The van der Waals surface area contributed by atoms with Crippen LogP contribution in [0.2, 0.25) is 0 Å². The van der Waals surface area contributed by atoms with Crippen molar-refractivity contribution in [1.82, 2.24) is 0 Å². The summed E-state index contributed by atoms with van der Waals surface area (Å²) in [6, 6.07) is 15.3. The first-order valence-electron chi connectivity index (χ1n) is 12.7. The van der Waals surface area contributed by atoms with Crippen LogP contribution >= 0.6 is 0 Å². The third-order valence-corrected chi connectivity index (χ3v) is 7.48. The Hall–Kier alpha value is -3.18. The molecule has 0 amide bonds. The summed E-state index contributed by atoms with van der Waals surface area (Å²) in [6.07, 6.45) is 2.25. The number of aliphatic hydroxyl groups excluding tert-OH is 1. The summed E-state index contributed by atoms with van der Waals surface area (Å²) < 4.78 is 12.4. The molecule has 3 aliphatic rings. The van der Waals surface area contributed by atoms with Gasteiger partial charge in [-0.05, 0) is 39.7 Å². The van der Waals surface area contributed by atoms with E-state index in [0.29, 0.717) is 49.2 Å². The number of hydrogen-bond donors (Lipinski definition) is 1. The third kappa shape index (κ3) is 4.64. The van der Waals surface area contributed by atoms with Gasteiger partial charge in [0.2, 0.25) is 0 Å². The topological polar surface area (TPSA) is 72.8 Å². The second kappa shape index (κ2) is 9.04. The number of benzene rings is 2. The first-order chi connectivity index (χ1) is 17.1. The molecule has 0 spiro atoms. The van der Waals surface area contributed by atoms with Gasteiger partial charge in [0, 0.05) is 42.7 Å². The second-order valence-corrected chi connectivity index (χ2v) is 11.9. The molecular formula is C31H34O5. The number of Topliss-reactive ketones (excluding diaryl/α,β-unsaturated/α-hetero) is 2. The van der Waals surface area contributed by atoms with Crippen LogP contribution in [0.3, 0.4) is 0 Å². The molecule has 0 saturated heterocycles. The van der Waals surface area contributed by atoms with Crippen molar-refractivity contribution in [3.05, 3.63) is 87.9 Å². The molecule has 36 heavy (non-hydrogen) atoms. The zero-order valence-electron chi connectivity index (χ0n) is 21.5. The van der Waals surface area contributed by atoms with E-state index < -0.39 is 5.92 Å². The van der Waals surface area contributed by atoms with E-state index in [1.807, 2.05) is 48.5 Å². The molecule has 1 N–H and O–H groups in total. The van der Waals surface area contributed by atoms with E-state index in [0.717, 1.165) is 28.2 Å². The average Bonchev–Trinajstić information content (AvgIpc) is 2.80. The van der Waals surface area contributed by atoms with Gasteiger partial charge in [-0.3, -0.25) is 9.59 Å². The van der Waals surface area contributed by atoms with Gasteiger partial charge in [0.25, 0.3) is 0 Å². The monoisotopic (exact) mass is 486 g/mol. The smallest absolute Gasteiger partial charge is 0.163 e. The van der Waals surface area contributed by atoms with Crippen molar-refractivity contribution in [2.75, 3.05) is 0 Å². The molecule has 1 heterocycles. The molecule has 5 rings (SSSR count). The molecule has 2 aliphatic carbocycles. The normalized spacial score (nSPS) is 21.1. The Labute approximate surface area is 212 Å². The predicted octanol–water partition coefficient (Wildman–Crippen LogP) is 6.16. The molecule has 0 radical (unpaired) electrons. The van der Waals surface area contributed by atoms with Gasteiger partial charge in [-0.25, -0.2) is 0 Å². The molecule has 0 aromatic heterocycles. The number of hydrogen-bond acceptors (Lipinski definition) is 5. The minimum absolute atomic E-state index is 0.0349. The molecule has 0 atom stereocenters.